The predicted octanol–water partition coefficient (Wildman–Crippen LogP) is 2.85. The van der Waals surface area contributed by atoms with Crippen molar-refractivity contribution in [2.45, 2.75) is 25.9 Å². The van der Waals surface area contributed by atoms with Crippen LogP contribution in [0.5, 0.6) is 11.5 Å². The number of hydrogen-bond donors (Lipinski definition) is 1. The van der Waals surface area contributed by atoms with Gasteiger partial charge in [0.25, 0.3) is 0 Å². The zero-order chi connectivity index (χ0) is 15.9. The standard InChI is InChI=1S/C15H19F2NO4/c16-15(17)22-12-5-4-11(14(19)20)10-13(12)21-9-8-18-6-2-1-3-7-18/h4-5,10,15H,1-3,6-9H2,(H,19,20). The van der Waals surface area contributed by atoms with Gasteiger partial charge in [0.1, 0.15) is 6.61 Å². The fourth-order valence-corrected chi connectivity index (χ4v) is 2.41. The van der Waals surface area contributed by atoms with E-state index in [4.69, 9.17) is 9.84 Å². The van der Waals surface area contributed by atoms with Gasteiger partial charge >= 0.3 is 12.6 Å². The number of piperidine rings is 1. The predicted molar refractivity (Wildman–Crippen MR) is 75.8 cm³/mol. The number of nitrogens with zero attached hydrogens (tertiary/aromatic N) is 1. The zero-order valence-electron chi connectivity index (χ0n) is 12.1. The minimum atomic E-state index is -2.99. The Morgan fingerprint density at radius 3 is 2.59 bits per heavy atom. The molecular weight excluding hydrogens is 296 g/mol. The SMILES string of the molecule is O=C(O)c1ccc(OC(F)F)c(OCCN2CCCCC2)c1. The molecule has 5 nitrogen and oxygen atoms in total. The third kappa shape index (κ3) is 4.84. The molecule has 1 saturated heterocycles. The van der Waals surface area contributed by atoms with Crippen molar-refractivity contribution in [1.82, 2.24) is 4.90 Å². The Kier molecular flexibility index (Phi) is 5.94. The number of rotatable bonds is 7. The van der Waals surface area contributed by atoms with Crippen molar-refractivity contribution in [3.63, 3.8) is 0 Å². The van der Waals surface area contributed by atoms with E-state index in [1.165, 1.54) is 24.6 Å². The van der Waals surface area contributed by atoms with E-state index in [2.05, 4.69) is 9.64 Å². The number of carbonyl (C=O) groups is 1. The molecule has 1 aromatic rings. The summed E-state index contributed by atoms with van der Waals surface area (Å²) >= 11 is 0. The number of likely N-dealkylation sites (tertiary alicyclic amines) is 1. The van der Waals surface area contributed by atoms with Crippen molar-refractivity contribution in [3.8, 4) is 11.5 Å². The minimum absolute atomic E-state index is 0.0252. The third-order valence-corrected chi connectivity index (χ3v) is 3.52. The number of carboxylic acids is 1. The first-order valence-electron chi connectivity index (χ1n) is 7.23. The number of hydrogen-bond acceptors (Lipinski definition) is 4. The molecule has 0 spiro atoms. The average molecular weight is 315 g/mol. The summed E-state index contributed by atoms with van der Waals surface area (Å²) in [6.45, 7) is -0.0218. The van der Waals surface area contributed by atoms with Gasteiger partial charge in [0, 0.05) is 6.54 Å². The van der Waals surface area contributed by atoms with E-state index in [0.717, 1.165) is 25.9 Å². The minimum Gasteiger partial charge on any atom is -0.488 e. The average Bonchev–Trinajstić information content (AvgIpc) is 2.49. The van der Waals surface area contributed by atoms with Gasteiger partial charge < -0.3 is 14.6 Å². The van der Waals surface area contributed by atoms with Crippen LogP contribution in [0.1, 0.15) is 29.6 Å². The van der Waals surface area contributed by atoms with Crippen LogP contribution < -0.4 is 9.47 Å². The van der Waals surface area contributed by atoms with Crippen LogP contribution in [-0.4, -0.2) is 48.8 Å². The first-order chi connectivity index (χ1) is 10.6. The van der Waals surface area contributed by atoms with Crippen molar-refractivity contribution in [3.05, 3.63) is 23.8 Å². The summed E-state index contributed by atoms with van der Waals surface area (Å²) in [4.78, 5) is 13.2. The molecule has 1 N–H and O–H groups in total. The van der Waals surface area contributed by atoms with E-state index < -0.39 is 12.6 Å². The normalized spacial score (nSPS) is 15.8. The molecule has 0 radical (unpaired) electrons. The van der Waals surface area contributed by atoms with Gasteiger partial charge in [-0.2, -0.15) is 8.78 Å². The first-order valence-corrected chi connectivity index (χ1v) is 7.23. The van der Waals surface area contributed by atoms with Gasteiger partial charge in [0.05, 0.1) is 5.56 Å². The highest BCUT2D eigenvalue weighted by Gasteiger charge is 2.15. The Morgan fingerprint density at radius 1 is 1.23 bits per heavy atom. The summed E-state index contributed by atoms with van der Waals surface area (Å²) in [7, 11) is 0. The van der Waals surface area contributed by atoms with Crippen LogP contribution in [0.2, 0.25) is 0 Å². The molecule has 0 saturated carbocycles. The van der Waals surface area contributed by atoms with Crippen LogP contribution in [0.25, 0.3) is 0 Å². The maximum atomic E-state index is 12.4. The molecule has 0 unspecified atom stereocenters. The Labute approximate surface area is 127 Å². The van der Waals surface area contributed by atoms with Crippen LogP contribution in [0.3, 0.4) is 0 Å². The zero-order valence-corrected chi connectivity index (χ0v) is 12.1. The fourth-order valence-electron chi connectivity index (χ4n) is 2.41. The molecule has 0 atom stereocenters. The number of benzene rings is 1. The highest BCUT2D eigenvalue weighted by molar-refractivity contribution is 5.88. The van der Waals surface area contributed by atoms with Crippen molar-refractivity contribution in [2.75, 3.05) is 26.2 Å². The molecule has 1 aromatic carbocycles. The van der Waals surface area contributed by atoms with Crippen LogP contribution in [0.4, 0.5) is 8.78 Å². The molecule has 0 amide bonds. The quantitative estimate of drug-likeness (QED) is 0.838. The molecule has 1 fully saturated rings. The lowest BCUT2D eigenvalue weighted by molar-refractivity contribution is -0.0515. The number of ether oxygens (including phenoxy) is 2. The van der Waals surface area contributed by atoms with Crippen molar-refractivity contribution in [2.24, 2.45) is 0 Å². The van der Waals surface area contributed by atoms with E-state index in [9.17, 15) is 13.6 Å². The molecular formula is C15H19F2NO4. The maximum Gasteiger partial charge on any atom is 0.387 e. The van der Waals surface area contributed by atoms with Crippen LogP contribution >= 0.6 is 0 Å². The summed E-state index contributed by atoms with van der Waals surface area (Å²) in [5.74, 6) is -1.28. The van der Waals surface area contributed by atoms with Crippen molar-refractivity contribution in [1.29, 1.82) is 0 Å². The highest BCUT2D eigenvalue weighted by Crippen LogP contribution is 2.30. The molecule has 1 aliphatic rings. The van der Waals surface area contributed by atoms with Gasteiger partial charge in [-0.15, -0.1) is 0 Å². The molecule has 0 aliphatic carbocycles. The summed E-state index contributed by atoms with van der Waals surface area (Å²) in [6, 6.07) is 3.60. The van der Waals surface area contributed by atoms with E-state index in [-0.39, 0.29) is 17.1 Å². The molecule has 7 heteroatoms. The van der Waals surface area contributed by atoms with Gasteiger partial charge in [-0.05, 0) is 44.1 Å². The summed E-state index contributed by atoms with van der Waals surface area (Å²) in [5.41, 5.74) is -0.0328. The second kappa shape index (κ2) is 7.93. The molecule has 1 aliphatic heterocycles. The van der Waals surface area contributed by atoms with E-state index in [1.54, 1.807) is 0 Å². The van der Waals surface area contributed by atoms with Gasteiger partial charge in [0.15, 0.2) is 11.5 Å². The van der Waals surface area contributed by atoms with E-state index in [0.29, 0.717) is 13.2 Å². The summed E-state index contributed by atoms with van der Waals surface area (Å²) in [5, 5.41) is 8.96. The Balaban J connectivity index is 1.99. The number of carboxylic acid groups (broad SMARTS) is 1. The lowest BCUT2D eigenvalue weighted by Gasteiger charge is -2.26. The monoisotopic (exact) mass is 315 g/mol. The lowest BCUT2D eigenvalue weighted by atomic mass is 10.1. The molecule has 22 heavy (non-hydrogen) atoms. The Bertz CT molecular complexity index is 504. The van der Waals surface area contributed by atoms with Gasteiger partial charge in [-0.25, -0.2) is 4.79 Å². The largest absolute Gasteiger partial charge is 0.488 e. The Hall–Kier alpha value is -1.89. The summed E-state index contributed by atoms with van der Waals surface area (Å²) in [6.07, 6.45) is 3.52. The van der Waals surface area contributed by atoms with Gasteiger partial charge in [-0.1, -0.05) is 6.42 Å². The number of alkyl halides is 2. The van der Waals surface area contributed by atoms with Gasteiger partial charge in [0.2, 0.25) is 0 Å². The van der Waals surface area contributed by atoms with E-state index >= 15 is 0 Å². The second-order valence-electron chi connectivity index (χ2n) is 5.10. The Morgan fingerprint density at radius 2 is 1.95 bits per heavy atom. The summed E-state index contributed by atoms with van der Waals surface area (Å²) < 4.78 is 34.6. The first kappa shape index (κ1) is 16.5. The lowest BCUT2D eigenvalue weighted by Crippen LogP contribution is -2.33. The topological polar surface area (TPSA) is 59.0 Å². The van der Waals surface area contributed by atoms with E-state index in [1.807, 2.05) is 0 Å². The smallest absolute Gasteiger partial charge is 0.387 e. The van der Waals surface area contributed by atoms with Crippen molar-refractivity contribution >= 4 is 5.97 Å². The second-order valence-corrected chi connectivity index (χ2v) is 5.10. The number of aromatic carboxylic acids is 1. The van der Waals surface area contributed by atoms with Gasteiger partial charge in [-0.3, -0.25) is 4.90 Å². The van der Waals surface area contributed by atoms with Crippen LogP contribution in [-0.2, 0) is 0 Å². The highest BCUT2D eigenvalue weighted by atomic mass is 19.3. The fraction of sp³-hybridized carbons (Fsp3) is 0.533. The number of halogens is 2. The maximum absolute atomic E-state index is 12.4. The molecule has 2 rings (SSSR count). The van der Waals surface area contributed by atoms with Crippen molar-refractivity contribution < 1.29 is 28.2 Å². The molecule has 0 bridgehead atoms. The van der Waals surface area contributed by atoms with Crippen LogP contribution in [0, 0.1) is 0 Å². The molecule has 122 valence electrons. The third-order valence-electron chi connectivity index (χ3n) is 3.52. The molecule has 1 heterocycles. The molecule has 0 aromatic heterocycles. The van der Waals surface area contributed by atoms with Crippen LogP contribution in [0.15, 0.2) is 18.2 Å².